The molecule has 1 unspecified atom stereocenters. The molecule has 0 radical (unpaired) electrons. The molecular weight excluding hydrogens is 208 g/mol. The number of benzene rings is 1. The Morgan fingerprint density at radius 2 is 2.13 bits per heavy atom. The van der Waals surface area contributed by atoms with E-state index < -0.39 is 0 Å². The lowest BCUT2D eigenvalue weighted by molar-refractivity contribution is -0.145. The number of carbonyl (C=O) groups excluding carboxylic acids is 1. The first kappa shape index (κ1) is 10.2. The Hall–Kier alpha value is -1.35. The first-order valence-corrected chi connectivity index (χ1v) is 5.64. The zero-order valence-corrected chi connectivity index (χ0v) is 9.51. The van der Waals surface area contributed by atoms with Gasteiger partial charge < -0.3 is 4.74 Å². The molecule has 0 aliphatic rings. The van der Waals surface area contributed by atoms with Crippen molar-refractivity contribution in [2.45, 2.75) is 20.0 Å². The minimum atomic E-state index is -0.236. The molecule has 0 amide bonds. The summed E-state index contributed by atoms with van der Waals surface area (Å²) >= 11 is 1.67. The predicted molar refractivity (Wildman–Crippen MR) is 62.0 cm³/mol. The van der Waals surface area contributed by atoms with Crippen molar-refractivity contribution < 1.29 is 9.53 Å². The van der Waals surface area contributed by atoms with Gasteiger partial charge in [-0.15, -0.1) is 11.3 Å². The second kappa shape index (κ2) is 4.03. The average molecular weight is 220 g/mol. The number of fused-ring (bicyclic) bond motifs is 1. The number of carbonyl (C=O) groups is 1. The van der Waals surface area contributed by atoms with Crippen molar-refractivity contribution in [2.75, 3.05) is 0 Å². The van der Waals surface area contributed by atoms with Gasteiger partial charge in [-0.3, -0.25) is 4.79 Å². The van der Waals surface area contributed by atoms with E-state index in [9.17, 15) is 4.79 Å². The Balaban J connectivity index is 2.32. The van der Waals surface area contributed by atoms with Crippen LogP contribution in [0.4, 0.5) is 0 Å². The third-order valence-electron chi connectivity index (χ3n) is 2.19. The maximum atomic E-state index is 10.8. The van der Waals surface area contributed by atoms with E-state index in [-0.39, 0.29) is 12.1 Å². The molecule has 0 aliphatic heterocycles. The van der Waals surface area contributed by atoms with Crippen LogP contribution in [0.3, 0.4) is 0 Å². The van der Waals surface area contributed by atoms with Crippen LogP contribution in [0.15, 0.2) is 30.3 Å². The van der Waals surface area contributed by atoms with Crippen LogP contribution in [0.1, 0.15) is 24.8 Å². The minimum Gasteiger partial charge on any atom is -0.457 e. The van der Waals surface area contributed by atoms with Gasteiger partial charge >= 0.3 is 5.97 Å². The molecule has 2 nitrogen and oxygen atoms in total. The monoisotopic (exact) mass is 220 g/mol. The fraction of sp³-hybridized carbons (Fsp3) is 0.250. The molecule has 0 aliphatic carbocycles. The van der Waals surface area contributed by atoms with Crippen molar-refractivity contribution in [3.63, 3.8) is 0 Å². The molecule has 1 heterocycles. The number of hydrogen-bond donors (Lipinski definition) is 0. The van der Waals surface area contributed by atoms with Gasteiger partial charge in [-0.25, -0.2) is 0 Å². The fourth-order valence-electron chi connectivity index (χ4n) is 1.51. The number of thiophene rings is 1. The Morgan fingerprint density at radius 1 is 1.40 bits per heavy atom. The van der Waals surface area contributed by atoms with Crippen LogP contribution in [0.5, 0.6) is 0 Å². The Bertz CT molecular complexity index is 454. The van der Waals surface area contributed by atoms with Crippen LogP contribution in [0, 0.1) is 0 Å². The molecule has 1 aromatic heterocycles. The average Bonchev–Trinajstić information content (AvgIpc) is 2.59. The molecule has 0 N–H and O–H groups in total. The van der Waals surface area contributed by atoms with E-state index in [2.05, 4.69) is 18.2 Å². The van der Waals surface area contributed by atoms with Crippen molar-refractivity contribution in [1.82, 2.24) is 0 Å². The lowest BCUT2D eigenvalue weighted by atomic mass is 10.2. The molecular formula is C12H12O2S. The SMILES string of the molecule is CC(=O)OC(C)c1cc2ccccc2s1. The summed E-state index contributed by atoms with van der Waals surface area (Å²) in [6, 6.07) is 10.2. The fourth-order valence-corrected chi connectivity index (χ4v) is 2.56. The smallest absolute Gasteiger partial charge is 0.303 e. The summed E-state index contributed by atoms with van der Waals surface area (Å²) in [5.74, 6) is -0.236. The van der Waals surface area contributed by atoms with Gasteiger partial charge in [0.2, 0.25) is 0 Å². The second-order valence-electron chi connectivity index (χ2n) is 3.44. The first-order valence-electron chi connectivity index (χ1n) is 4.82. The number of ether oxygens (including phenoxy) is 1. The summed E-state index contributed by atoms with van der Waals surface area (Å²) in [6.45, 7) is 3.33. The molecule has 0 fully saturated rings. The van der Waals surface area contributed by atoms with Gasteiger partial charge in [0.25, 0.3) is 0 Å². The van der Waals surface area contributed by atoms with Gasteiger partial charge in [0.15, 0.2) is 0 Å². The molecule has 15 heavy (non-hydrogen) atoms. The largest absolute Gasteiger partial charge is 0.457 e. The van der Waals surface area contributed by atoms with Gasteiger partial charge in [0.05, 0.1) is 0 Å². The zero-order chi connectivity index (χ0) is 10.8. The van der Waals surface area contributed by atoms with E-state index in [1.54, 1.807) is 11.3 Å². The van der Waals surface area contributed by atoms with E-state index in [0.29, 0.717) is 0 Å². The Kier molecular flexibility index (Phi) is 2.73. The summed E-state index contributed by atoms with van der Waals surface area (Å²) in [4.78, 5) is 11.9. The third-order valence-corrected chi connectivity index (χ3v) is 3.47. The summed E-state index contributed by atoms with van der Waals surface area (Å²) in [7, 11) is 0. The van der Waals surface area contributed by atoms with Crippen LogP contribution in [-0.2, 0) is 9.53 Å². The molecule has 0 saturated heterocycles. The van der Waals surface area contributed by atoms with Crippen LogP contribution in [-0.4, -0.2) is 5.97 Å². The summed E-state index contributed by atoms with van der Waals surface area (Å²) < 4.78 is 6.37. The summed E-state index contributed by atoms with van der Waals surface area (Å²) in [5.41, 5.74) is 0. The maximum Gasteiger partial charge on any atom is 0.303 e. The molecule has 3 heteroatoms. The number of rotatable bonds is 2. The van der Waals surface area contributed by atoms with E-state index in [0.717, 1.165) is 4.88 Å². The van der Waals surface area contributed by atoms with E-state index >= 15 is 0 Å². The summed E-state index contributed by atoms with van der Waals surface area (Å²) in [6.07, 6.45) is -0.153. The predicted octanol–water partition coefficient (Wildman–Crippen LogP) is 3.53. The third kappa shape index (κ3) is 2.18. The molecule has 0 spiro atoms. The quantitative estimate of drug-likeness (QED) is 0.724. The topological polar surface area (TPSA) is 26.3 Å². The van der Waals surface area contributed by atoms with Crippen LogP contribution < -0.4 is 0 Å². The van der Waals surface area contributed by atoms with Crippen molar-refractivity contribution >= 4 is 27.4 Å². The molecule has 1 aromatic carbocycles. The van der Waals surface area contributed by atoms with Gasteiger partial charge in [-0.05, 0) is 24.4 Å². The van der Waals surface area contributed by atoms with E-state index in [4.69, 9.17) is 4.74 Å². The van der Waals surface area contributed by atoms with Gasteiger partial charge in [-0.2, -0.15) is 0 Å². The highest BCUT2D eigenvalue weighted by molar-refractivity contribution is 7.19. The number of hydrogen-bond acceptors (Lipinski definition) is 3. The molecule has 0 saturated carbocycles. The summed E-state index contributed by atoms with van der Waals surface area (Å²) in [5, 5.41) is 1.21. The van der Waals surface area contributed by atoms with Gasteiger partial charge in [0, 0.05) is 16.5 Å². The normalized spacial score (nSPS) is 12.7. The molecule has 1 atom stereocenters. The van der Waals surface area contributed by atoms with Crippen molar-refractivity contribution in [1.29, 1.82) is 0 Å². The molecule has 2 rings (SSSR count). The highest BCUT2D eigenvalue weighted by atomic mass is 32.1. The first-order chi connectivity index (χ1) is 7.16. The zero-order valence-electron chi connectivity index (χ0n) is 8.69. The Morgan fingerprint density at radius 3 is 2.80 bits per heavy atom. The Labute approximate surface area is 92.5 Å². The maximum absolute atomic E-state index is 10.8. The molecule has 2 aromatic rings. The van der Waals surface area contributed by atoms with E-state index in [1.807, 2.05) is 19.1 Å². The highest BCUT2D eigenvalue weighted by Gasteiger charge is 2.11. The molecule has 78 valence electrons. The van der Waals surface area contributed by atoms with Crippen LogP contribution >= 0.6 is 11.3 Å². The van der Waals surface area contributed by atoms with Gasteiger partial charge in [-0.1, -0.05) is 18.2 Å². The highest BCUT2D eigenvalue weighted by Crippen LogP contribution is 2.31. The molecule has 0 bridgehead atoms. The lowest BCUT2D eigenvalue weighted by Crippen LogP contribution is -2.02. The van der Waals surface area contributed by atoms with E-state index in [1.165, 1.54) is 17.0 Å². The standard InChI is InChI=1S/C12H12O2S/c1-8(14-9(2)13)12-7-10-5-3-4-6-11(10)15-12/h3-8H,1-2H3. The van der Waals surface area contributed by atoms with Crippen LogP contribution in [0.2, 0.25) is 0 Å². The minimum absolute atomic E-state index is 0.153. The van der Waals surface area contributed by atoms with Crippen LogP contribution in [0.25, 0.3) is 10.1 Å². The van der Waals surface area contributed by atoms with Gasteiger partial charge in [0.1, 0.15) is 6.10 Å². The second-order valence-corrected chi connectivity index (χ2v) is 4.55. The lowest BCUT2D eigenvalue weighted by Gasteiger charge is -2.08. The van der Waals surface area contributed by atoms with Crippen molar-refractivity contribution in [3.8, 4) is 0 Å². The number of esters is 1. The van der Waals surface area contributed by atoms with Crippen molar-refractivity contribution in [3.05, 3.63) is 35.2 Å². The van der Waals surface area contributed by atoms with Crippen molar-refractivity contribution in [2.24, 2.45) is 0 Å².